The van der Waals surface area contributed by atoms with Crippen LogP contribution in [0.2, 0.25) is 0 Å². The molecule has 88 valence electrons. The van der Waals surface area contributed by atoms with E-state index >= 15 is 0 Å². The van der Waals surface area contributed by atoms with Gasteiger partial charge in [-0.1, -0.05) is 49.7 Å². The summed E-state index contributed by atoms with van der Waals surface area (Å²) in [5.74, 6) is 0. The molecule has 2 aromatic carbocycles. The molecule has 0 fully saturated rings. The Morgan fingerprint density at radius 2 is 1.59 bits per heavy atom. The first-order valence-electron chi connectivity index (χ1n) is 6.06. The first-order chi connectivity index (χ1) is 8.20. The summed E-state index contributed by atoms with van der Waals surface area (Å²) in [6, 6.07) is 15.6. The van der Waals surface area contributed by atoms with Crippen molar-refractivity contribution >= 4 is 22.6 Å². The van der Waals surface area contributed by atoms with Gasteiger partial charge in [0, 0.05) is 3.57 Å². The van der Waals surface area contributed by atoms with Crippen LogP contribution in [0.5, 0.6) is 0 Å². The van der Waals surface area contributed by atoms with Crippen LogP contribution in [0.3, 0.4) is 0 Å². The average molecular weight is 336 g/mol. The Morgan fingerprint density at radius 1 is 0.941 bits per heavy atom. The van der Waals surface area contributed by atoms with Crippen molar-refractivity contribution in [1.82, 2.24) is 0 Å². The van der Waals surface area contributed by atoms with E-state index in [9.17, 15) is 0 Å². The molecule has 0 aromatic heterocycles. The number of aryl methyl sites for hydroxylation is 2. The van der Waals surface area contributed by atoms with Crippen LogP contribution in [0, 0.1) is 10.5 Å². The van der Waals surface area contributed by atoms with E-state index in [1.54, 1.807) is 0 Å². The number of benzene rings is 2. The van der Waals surface area contributed by atoms with Gasteiger partial charge in [-0.3, -0.25) is 0 Å². The molecule has 0 saturated carbocycles. The van der Waals surface area contributed by atoms with Crippen molar-refractivity contribution in [2.75, 3.05) is 0 Å². The van der Waals surface area contributed by atoms with Gasteiger partial charge in [0.05, 0.1) is 0 Å². The fourth-order valence-electron chi connectivity index (χ4n) is 1.92. The molecule has 0 nitrogen and oxygen atoms in total. The van der Waals surface area contributed by atoms with Gasteiger partial charge < -0.3 is 0 Å². The molecular formula is C16H17I. The first-order valence-corrected chi connectivity index (χ1v) is 7.14. The Bertz CT molecular complexity index is 497. The lowest BCUT2D eigenvalue weighted by Crippen LogP contribution is -1.85. The highest BCUT2D eigenvalue weighted by Gasteiger charge is 2.00. The molecular weight excluding hydrogens is 319 g/mol. The third-order valence-corrected chi connectivity index (χ3v) is 4.16. The third kappa shape index (κ3) is 3.09. The summed E-state index contributed by atoms with van der Waals surface area (Å²) in [5.41, 5.74) is 5.39. The summed E-state index contributed by atoms with van der Waals surface area (Å²) in [4.78, 5) is 0. The van der Waals surface area contributed by atoms with Gasteiger partial charge in [-0.25, -0.2) is 0 Å². The molecule has 0 spiro atoms. The van der Waals surface area contributed by atoms with Gasteiger partial charge in [-0.2, -0.15) is 0 Å². The molecule has 0 heterocycles. The fraction of sp³-hybridized carbons (Fsp3) is 0.250. The van der Waals surface area contributed by atoms with Gasteiger partial charge in [-0.05, 0) is 64.3 Å². The molecule has 0 saturated heterocycles. The van der Waals surface area contributed by atoms with Crippen LogP contribution in [-0.4, -0.2) is 0 Å². The van der Waals surface area contributed by atoms with Crippen molar-refractivity contribution in [3.05, 3.63) is 57.2 Å². The normalized spacial score (nSPS) is 10.5. The monoisotopic (exact) mass is 336 g/mol. The highest BCUT2D eigenvalue weighted by molar-refractivity contribution is 14.1. The van der Waals surface area contributed by atoms with Crippen molar-refractivity contribution in [2.45, 2.75) is 26.7 Å². The molecule has 2 aromatic rings. The Labute approximate surface area is 117 Å². The Kier molecular flexibility index (Phi) is 4.21. The minimum absolute atomic E-state index is 1.17. The van der Waals surface area contributed by atoms with Gasteiger partial charge in [0.15, 0.2) is 0 Å². The van der Waals surface area contributed by atoms with Gasteiger partial charge in [0.1, 0.15) is 0 Å². The molecule has 0 N–H and O–H groups in total. The van der Waals surface area contributed by atoms with Crippen molar-refractivity contribution in [3.63, 3.8) is 0 Å². The van der Waals surface area contributed by atoms with Crippen LogP contribution < -0.4 is 0 Å². The van der Waals surface area contributed by atoms with Crippen molar-refractivity contribution in [3.8, 4) is 11.1 Å². The van der Waals surface area contributed by atoms with E-state index in [4.69, 9.17) is 0 Å². The topological polar surface area (TPSA) is 0 Å². The van der Waals surface area contributed by atoms with Crippen molar-refractivity contribution < 1.29 is 0 Å². The summed E-state index contributed by atoms with van der Waals surface area (Å²) in [6.07, 6.45) is 2.38. The van der Waals surface area contributed by atoms with Crippen LogP contribution in [0.25, 0.3) is 11.1 Å². The summed E-state index contributed by atoms with van der Waals surface area (Å²) in [5, 5.41) is 0. The number of hydrogen-bond acceptors (Lipinski definition) is 0. The molecule has 17 heavy (non-hydrogen) atoms. The SMILES string of the molecule is CCCc1ccc(-c2ccc(C)c(I)c2)cc1. The standard InChI is InChI=1S/C16H17I/c1-3-4-13-6-9-14(10-7-13)15-8-5-12(2)16(17)11-15/h5-11H,3-4H2,1-2H3. The predicted octanol–water partition coefficient (Wildman–Crippen LogP) is 5.22. The smallest absolute Gasteiger partial charge is 0.0165 e. The molecule has 0 aliphatic heterocycles. The molecule has 2 rings (SSSR count). The minimum Gasteiger partial charge on any atom is -0.0651 e. The summed E-state index contributed by atoms with van der Waals surface area (Å²) < 4.78 is 1.33. The van der Waals surface area contributed by atoms with Crippen LogP contribution >= 0.6 is 22.6 Å². The number of halogens is 1. The van der Waals surface area contributed by atoms with Gasteiger partial charge in [0.25, 0.3) is 0 Å². The van der Waals surface area contributed by atoms with Gasteiger partial charge in [0.2, 0.25) is 0 Å². The molecule has 0 aliphatic rings. The van der Waals surface area contributed by atoms with Gasteiger partial charge in [-0.15, -0.1) is 0 Å². The Morgan fingerprint density at radius 3 is 2.18 bits per heavy atom. The van der Waals surface area contributed by atoms with E-state index in [0.717, 1.165) is 0 Å². The van der Waals surface area contributed by atoms with E-state index in [2.05, 4.69) is 78.9 Å². The zero-order chi connectivity index (χ0) is 12.3. The lowest BCUT2D eigenvalue weighted by molar-refractivity contribution is 0.922. The molecule has 1 heteroatoms. The van der Waals surface area contributed by atoms with E-state index in [0.29, 0.717) is 0 Å². The van der Waals surface area contributed by atoms with E-state index in [1.165, 1.54) is 38.7 Å². The largest absolute Gasteiger partial charge is 0.0651 e. The third-order valence-electron chi connectivity index (χ3n) is 3.00. The molecule has 0 atom stereocenters. The average Bonchev–Trinajstić information content (AvgIpc) is 2.34. The second-order valence-electron chi connectivity index (χ2n) is 4.41. The first kappa shape index (κ1) is 12.6. The van der Waals surface area contributed by atoms with Gasteiger partial charge >= 0.3 is 0 Å². The second-order valence-corrected chi connectivity index (χ2v) is 5.57. The zero-order valence-corrected chi connectivity index (χ0v) is 12.5. The maximum atomic E-state index is 2.40. The van der Waals surface area contributed by atoms with Crippen LogP contribution in [-0.2, 0) is 6.42 Å². The maximum absolute atomic E-state index is 2.40. The van der Waals surface area contributed by atoms with Crippen LogP contribution in [0.4, 0.5) is 0 Å². The summed E-state index contributed by atoms with van der Waals surface area (Å²) >= 11 is 2.40. The molecule has 0 aliphatic carbocycles. The van der Waals surface area contributed by atoms with Crippen LogP contribution in [0.1, 0.15) is 24.5 Å². The zero-order valence-electron chi connectivity index (χ0n) is 10.3. The molecule has 0 radical (unpaired) electrons. The number of hydrogen-bond donors (Lipinski definition) is 0. The van der Waals surface area contributed by atoms with Crippen LogP contribution in [0.15, 0.2) is 42.5 Å². The summed E-state index contributed by atoms with van der Waals surface area (Å²) in [6.45, 7) is 4.37. The van der Waals surface area contributed by atoms with E-state index < -0.39 is 0 Å². The Hall–Kier alpha value is -0.830. The lowest BCUT2D eigenvalue weighted by Gasteiger charge is -2.06. The second kappa shape index (κ2) is 5.67. The predicted molar refractivity (Wildman–Crippen MR) is 83.3 cm³/mol. The van der Waals surface area contributed by atoms with E-state index in [-0.39, 0.29) is 0 Å². The van der Waals surface area contributed by atoms with Crippen molar-refractivity contribution in [2.24, 2.45) is 0 Å². The van der Waals surface area contributed by atoms with E-state index in [1.807, 2.05) is 0 Å². The molecule has 0 unspecified atom stereocenters. The highest BCUT2D eigenvalue weighted by Crippen LogP contribution is 2.24. The lowest BCUT2D eigenvalue weighted by atomic mass is 10.0. The number of rotatable bonds is 3. The van der Waals surface area contributed by atoms with Crippen molar-refractivity contribution in [1.29, 1.82) is 0 Å². The molecule has 0 amide bonds. The maximum Gasteiger partial charge on any atom is 0.0165 e. The summed E-state index contributed by atoms with van der Waals surface area (Å²) in [7, 11) is 0. The minimum atomic E-state index is 1.17. The fourth-order valence-corrected chi connectivity index (χ4v) is 2.44. The Balaban J connectivity index is 2.30. The highest BCUT2D eigenvalue weighted by atomic mass is 127. The quantitative estimate of drug-likeness (QED) is 0.674. The molecule has 0 bridgehead atoms.